The van der Waals surface area contributed by atoms with Gasteiger partial charge in [-0.2, -0.15) is 5.26 Å². The fraction of sp³-hybridized carbons (Fsp3) is 0.435. The molecule has 0 amide bonds. The number of esters is 1. The molecule has 0 bridgehead atoms. The Morgan fingerprint density at radius 2 is 1.94 bits per heavy atom. The zero-order valence-corrected chi connectivity index (χ0v) is 18.1. The van der Waals surface area contributed by atoms with E-state index in [1.165, 1.54) is 17.7 Å². The summed E-state index contributed by atoms with van der Waals surface area (Å²) in [7, 11) is 1.31. The van der Waals surface area contributed by atoms with Gasteiger partial charge in [0.2, 0.25) is 5.78 Å². The second-order valence-corrected chi connectivity index (χ2v) is 8.54. The largest absolute Gasteiger partial charge is 0.469 e. The van der Waals surface area contributed by atoms with Crippen LogP contribution in [0.4, 0.5) is 0 Å². The molecular weight excluding hydrogens is 398 g/mol. The zero-order chi connectivity index (χ0) is 22.9. The van der Waals surface area contributed by atoms with Gasteiger partial charge in [0.05, 0.1) is 25.2 Å². The van der Waals surface area contributed by atoms with E-state index in [9.17, 15) is 24.4 Å². The second-order valence-electron chi connectivity index (χ2n) is 8.54. The number of ketones is 1. The van der Waals surface area contributed by atoms with Crippen molar-refractivity contribution in [1.82, 2.24) is 9.55 Å². The number of aromatic amines is 1. The van der Waals surface area contributed by atoms with Gasteiger partial charge in [-0.1, -0.05) is 13.8 Å². The number of aryl methyl sites for hydroxylation is 1. The number of methoxy groups -OCH3 is 1. The molecule has 1 heterocycles. The Balaban J connectivity index is 2.20. The topological polar surface area (TPSA) is 122 Å². The van der Waals surface area contributed by atoms with Crippen LogP contribution in [0.1, 0.15) is 71.8 Å². The molecule has 0 unspecified atom stereocenters. The molecule has 0 aliphatic heterocycles. The summed E-state index contributed by atoms with van der Waals surface area (Å²) in [6.45, 7) is 5.43. The van der Waals surface area contributed by atoms with Crippen LogP contribution < -0.4 is 11.2 Å². The lowest BCUT2D eigenvalue weighted by Crippen LogP contribution is -2.39. The highest BCUT2D eigenvalue weighted by Gasteiger charge is 2.46. The van der Waals surface area contributed by atoms with E-state index in [1.807, 2.05) is 6.07 Å². The van der Waals surface area contributed by atoms with E-state index < -0.39 is 22.4 Å². The Labute approximate surface area is 179 Å². The lowest BCUT2D eigenvalue weighted by molar-refractivity contribution is -0.142. The van der Waals surface area contributed by atoms with E-state index in [2.05, 4.69) is 4.98 Å². The number of hydrogen-bond acceptors (Lipinski definition) is 6. The summed E-state index contributed by atoms with van der Waals surface area (Å²) in [6, 6.07) is 6.76. The van der Waals surface area contributed by atoms with Crippen molar-refractivity contribution < 1.29 is 14.3 Å². The zero-order valence-electron chi connectivity index (χ0n) is 18.1. The fourth-order valence-electron chi connectivity index (χ4n) is 3.91. The van der Waals surface area contributed by atoms with E-state index in [1.54, 1.807) is 32.9 Å². The molecule has 8 nitrogen and oxygen atoms in total. The number of carbonyl (C=O) groups excluding carboxylic acids is 2. The summed E-state index contributed by atoms with van der Waals surface area (Å²) in [5.41, 5.74) is -0.298. The predicted octanol–water partition coefficient (Wildman–Crippen LogP) is 2.41. The van der Waals surface area contributed by atoms with E-state index in [-0.39, 0.29) is 41.7 Å². The molecular formula is C23H25N3O5. The number of aromatic nitrogens is 2. The first-order valence-corrected chi connectivity index (χ1v) is 10.1. The van der Waals surface area contributed by atoms with E-state index in [0.29, 0.717) is 18.4 Å². The molecule has 1 aromatic heterocycles. The molecule has 1 aliphatic rings. The maximum absolute atomic E-state index is 13.6. The number of nitrogens with zero attached hydrogens (tertiary/aromatic N) is 2. The van der Waals surface area contributed by atoms with Crippen molar-refractivity contribution in [1.29, 1.82) is 5.26 Å². The van der Waals surface area contributed by atoms with Crippen LogP contribution in [0.25, 0.3) is 0 Å². The molecule has 1 N–H and O–H groups in total. The van der Waals surface area contributed by atoms with Gasteiger partial charge in [-0.3, -0.25) is 23.9 Å². The van der Waals surface area contributed by atoms with Gasteiger partial charge in [0.1, 0.15) is 5.69 Å². The van der Waals surface area contributed by atoms with Gasteiger partial charge in [0, 0.05) is 17.7 Å². The van der Waals surface area contributed by atoms with Gasteiger partial charge in [0.25, 0.3) is 5.56 Å². The molecule has 0 spiro atoms. The quantitative estimate of drug-likeness (QED) is 0.539. The molecule has 1 aliphatic carbocycles. The Kier molecular flexibility index (Phi) is 5.98. The Morgan fingerprint density at radius 3 is 2.48 bits per heavy atom. The molecule has 0 saturated heterocycles. The summed E-state index contributed by atoms with van der Waals surface area (Å²) in [6.07, 6.45) is 1.55. The molecule has 2 aromatic rings. The van der Waals surface area contributed by atoms with Crippen molar-refractivity contribution in [3.8, 4) is 6.07 Å². The maximum atomic E-state index is 13.6. The standard InChI is InChI=1S/C23H25N3O5/c1-13(2)18-19(20(28)16-8-14(3)7-15(9-16)11-24)26(22(30)25-21(18)29)12-23(5-6-23)10-17(27)31-4/h7-9,13H,5-6,10,12H2,1-4H3,(H,25,29,30). The van der Waals surface area contributed by atoms with Crippen LogP contribution in [0.3, 0.4) is 0 Å². The van der Waals surface area contributed by atoms with Crippen LogP contribution in [0.15, 0.2) is 27.8 Å². The number of nitriles is 1. The number of benzene rings is 1. The average Bonchev–Trinajstić information content (AvgIpc) is 3.47. The normalized spacial score (nSPS) is 14.2. The molecule has 0 radical (unpaired) electrons. The molecule has 162 valence electrons. The average molecular weight is 423 g/mol. The number of H-pyrrole nitrogens is 1. The number of ether oxygens (including phenoxy) is 1. The summed E-state index contributed by atoms with van der Waals surface area (Å²) in [4.78, 5) is 53.2. The third kappa shape index (κ3) is 4.50. The van der Waals surface area contributed by atoms with Gasteiger partial charge in [-0.15, -0.1) is 0 Å². The van der Waals surface area contributed by atoms with Gasteiger partial charge in [-0.25, -0.2) is 4.79 Å². The Hall–Kier alpha value is -3.47. The first kappa shape index (κ1) is 22.2. The second kappa shape index (κ2) is 8.34. The molecule has 31 heavy (non-hydrogen) atoms. The van der Waals surface area contributed by atoms with E-state index >= 15 is 0 Å². The van der Waals surface area contributed by atoms with E-state index in [4.69, 9.17) is 4.74 Å². The minimum absolute atomic E-state index is 0.00869. The van der Waals surface area contributed by atoms with Crippen LogP contribution in [0.5, 0.6) is 0 Å². The van der Waals surface area contributed by atoms with Gasteiger partial charge < -0.3 is 4.74 Å². The SMILES string of the molecule is COC(=O)CC1(Cn2c(C(=O)c3cc(C)cc(C#N)c3)c(C(C)C)c(=O)[nH]c2=O)CC1. The number of carbonyl (C=O) groups is 2. The first-order valence-electron chi connectivity index (χ1n) is 10.1. The monoisotopic (exact) mass is 423 g/mol. The highest BCUT2D eigenvalue weighted by atomic mass is 16.5. The minimum Gasteiger partial charge on any atom is -0.469 e. The van der Waals surface area contributed by atoms with Gasteiger partial charge in [0.15, 0.2) is 0 Å². The summed E-state index contributed by atoms with van der Waals surface area (Å²) < 4.78 is 6.06. The Morgan fingerprint density at radius 1 is 1.26 bits per heavy atom. The van der Waals surface area contributed by atoms with Gasteiger partial charge >= 0.3 is 11.7 Å². The molecule has 1 fully saturated rings. The highest BCUT2D eigenvalue weighted by Crippen LogP contribution is 2.50. The van der Waals surface area contributed by atoms with Crippen LogP contribution in [0, 0.1) is 23.7 Å². The predicted molar refractivity (Wildman–Crippen MR) is 113 cm³/mol. The van der Waals surface area contributed by atoms with Crippen molar-refractivity contribution >= 4 is 11.8 Å². The lowest BCUT2D eigenvalue weighted by Gasteiger charge is -2.21. The molecule has 0 atom stereocenters. The van der Waals surface area contributed by atoms with Crippen molar-refractivity contribution in [3.63, 3.8) is 0 Å². The third-order valence-corrected chi connectivity index (χ3v) is 5.69. The summed E-state index contributed by atoms with van der Waals surface area (Å²) in [5, 5.41) is 9.28. The first-order chi connectivity index (χ1) is 14.6. The molecule has 1 saturated carbocycles. The highest BCUT2D eigenvalue weighted by molar-refractivity contribution is 6.09. The van der Waals surface area contributed by atoms with Crippen molar-refractivity contribution in [2.45, 2.75) is 52.5 Å². The van der Waals surface area contributed by atoms with E-state index in [0.717, 1.165) is 5.56 Å². The summed E-state index contributed by atoms with van der Waals surface area (Å²) in [5.74, 6) is -1.21. The number of hydrogen-bond donors (Lipinski definition) is 1. The lowest BCUT2D eigenvalue weighted by atomic mass is 9.94. The van der Waals surface area contributed by atoms with Crippen LogP contribution in [-0.4, -0.2) is 28.4 Å². The third-order valence-electron chi connectivity index (χ3n) is 5.69. The van der Waals surface area contributed by atoms with Crippen LogP contribution in [0.2, 0.25) is 0 Å². The maximum Gasteiger partial charge on any atom is 0.328 e. The fourth-order valence-corrected chi connectivity index (χ4v) is 3.91. The Bertz CT molecular complexity index is 1210. The number of nitrogens with one attached hydrogen (secondary N) is 1. The van der Waals surface area contributed by atoms with Crippen molar-refractivity contribution in [3.05, 3.63) is 67.0 Å². The number of rotatable bonds is 7. The minimum atomic E-state index is -0.693. The molecule has 1 aromatic carbocycles. The molecule has 8 heteroatoms. The van der Waals surface area contributed by atoms with Crippen molar-refractivity contribution in [2.75, 3.05) is 7.11 Å². The van der Waals surface area contributed by atoms with Crippen LogP contribution >= 0.6 is 0 Å². The smallest absolute Gasteiger partial charge is 0.328 e. The molecule has 3 rings (SSSR count). The van der Waals surface area contributed by atoms with Crippen molar-refractivity contribution in [2.24, 2.45) is 5.41 Å². The van der Waals surface area contributed by atoms with Gasteiger partial charge in [-0.05, 0) is 54.9 Å². The summed E-state index contributed by atoms with van der Waals surface area (Å²) >= 11 is 0. The van der Waals surface area contributed by atoms with Crippen LogP contribution in [-0.2, 0) is 16.1 Å².